The standard InChI is InChI=1S/C18H18N2O2S/c21-17(19-11-10-13-6-2-1-3-7-13)12-16-18(22)20-14-8-4-5-9-15(14)23-16/h1-9,16H,10-12H2,(H,19,21)(H,20,22)/t16-/m1/s1. The van der Waals surface area contributed by atoms with E-state index in [1.807, 2.05) is 54.6 Å². The van der Waals surface area contributed by atoms with Crippen molar-refractivity contribution in [1.82, 2.24) is 5.32 Å². The molecule has 2 aromatic carbocycles. The lowest BCUT2D eigenvalue weighted by Crippen LogP contribution is -2.35. The minimum atomic E-state index is -0.373. The minimum Gasteiger partial charge on any atom is -0.356 e. The molecule has 0 fully saturated rings. The molecule has 1 heterocycles. The number of hydrogen-bond donors (Lipinski definition) is 2. The lowest BCUT2D eigenvalue weighted by Gasteiger charge is -2.23. The third kappa shape index (κ3) is 4.13. The SMILES string of the molecule is O=C(C[C@H]1Sc2ccccc2NC1=O)NCCc1ccccc1. The van der Waals surface area contributed by atoms with Gasteiger partial charge in [-0.1, -0.05) is 42.5 Å². The number of carbonyl (C=O) groups is 2. The predicted molar refractivity (Wildman–Crippen MR) is 92.5 cm³/mol. The fraction of sp³-hybridized carbons (Fsp3) is 0.222. The van der Waals surface area contributed by atoms with E-state index in [0.29, 0.717) is 6.54 Å². The van der Waals surface area contributed by atoms with Gasteiger partial charge in [-0.15, -0.1) is 11.8 Å². The van der Waals surface area contributed by atoms with Crippen LogP contribution in [0.25, 0.3) is 0 Å². The van der Waals surface area contributed by atoms with Crippen molar-refractivity contribution in [2.24, 2.45) is 0 Å². The molecule has 0 spiro atoms. The number of hydrogen-bond acceptors (Lipinski definition) is 3. The van der Waals surface area contributed by atoms with Gasteiger partial charge in [0.1, 0.15) is 0 Å². The van der Waals surface area contributed by atoms with Gasteiger partial charge in [-0.2, -0.15) is 0 Å². The van der Waals surface area contributed by atoms with Crippen molar-refractivity contribution in [2.75, 3.05) is 11.9 Å². The van der Waals surface area contributed by atoms with E-state index in [-0.39, 0.29) is 23.5 Å². The highest BCUT2D eigenvalue weighted by Crippen LogP contribution is 2.36. The van der Waals surface area contributed by atoms with E-state index in [4.69, 9.17) is 0 Å². The zero-order valence-corrected chi connectivity index (χ0v) is 13.4. The highest BCUT2D eigenvalue weighted by Gasteiger charge is 2.28. The molecule has 2 N–H and O–H groups in total. The van der Waals surface area contributed by atoms with Gasteiger partial charge in [-0.25, -0.2) is 0 Å². The predicted octanol–water partition coefficient (Wildman–Crippen LogP) is 2.85. The molecule has 4 nitrogen and oxygen atoms in total. The van der Waals surface area contributed by atoms with Gasteiger partial charge < -0.3 is 10.6 Å². The molecule has 0 saturated heterocycles. The molecule has 0 unspecified atom stereocenters. The fourth-order valence-electron chi connectivity index (χ4n) is 2.46. The normalized spacial score (nSPS) is 16.3. The summed E-state index contributed by atoms with van der Waals surface area (Å²) >= 11 is 1.45. The van der Waals surface area contributed by atoms with Gasteiger partial charge in [0.2, 0.25) is 11.8 Å². The number of nitrogens with one attached hydrogen (secondary N) is 2. The number of para-hydroxylation sites is 1. The fourth-order valence-corrected chi connectivity index (χ4v) is 3.57. The van der Waals surface area contributed by atoms with Crippen LogP contribution in [0.5, 0.6) is 0 Å². The van der Waals surface area contributed by atoms with Gasteiger partial charge >= 0.3 is 0 Å². The second-order valence-corrected chi connectivity index (χ2v) is 6.63. The van der Waals surface area contributed by atoms with E-state index in [9.17, 15) is 9.59 Å². The Bertz CT molecular complexity index is 703. The number of benzene rings is 2. The van der Waals surface area contributed by atoms with E-state index in [1.54, 1.807) is 0 Å². The molecule has 3 rings (SSSR count). The molecule has 5 heteroatoms. The maximum atomic E-state index is 12.1. The summed E-state index contributed by atoms with van der Waals surface area (Å²) in [5.74, 6) is -0.195. The molecular formula is C18H18N2O2S. The Morgan fingerprint density at radius 3 is 2.65 bits per heavy atom. The topological polar surface area (TPSA) is 58.2 Å². The van der Waals surface area contributed by atoms with Crippen LogP contribution in [0.3, 0.4) is 0 Å². The van der Waals surface area contributed by atoms with Crippen LogP contribution < -0.4 is 10.6 Å². The summed E-state index contributed by atoms with van der Waals surface area (Å²) in [5, 5.41) is 5.37. The first-order valence-corrected chi connectivity index (χ1v) is 8.47. The van der Waals surface area contributed by atoms with Crippen LogP contribution in [0.2, 0.25) is 0 Å². The molecule has 23 heavy (non-hydrogen) atoms. The molecular weight excluding hydrogens is 308 g/mol. The van der Waals surface area contributed by atoms with Crippen molar-refractivity contribution in [2.45, 2.75) is 23.0 Å². The van der Waals surface area contributed by atoms with E-state index >= 15 is 0 Å². The zero-order chi connectivity index (χ0) is 16.1. The smallest absolute Gasteiger partial charge is 0.238 e. The van der Waals surface area contributed by atoms with Crippen molar-refractivity contribution in [3.05, 3.63) is 60.2 Å². The Kier molecular flexibility index (Phi) is 4.98. The number of rotatable bonds is 5. The number of thioether (sulfide) groups is 1. The summed E-state index contributed by atoms with van der Waals surface area (Å²) < 4.78 is 0. The second kappa shape index (κ2) is 7.33. The van der Waals surface area contributed by atoms with Gasteiger partial charge in [0, 0.05) is 17.9 Å². The van der Waals surface area contributed by atoms with Gasteiger partial charge in [-0.05, 0) is 24.1 Å². The third-order valence-electron chi connectivity index (χ3n) is 3.66. The van der Waals surface area contributed by atoms with Gasteiger partial charge in [-0.3, -0.25) is 9.59 Å². The van der Waals surface area contributed by atoms with Crippen LogP contribution in [0.4, 0.5) is 5.69 Å². The van der Waals surface area contributed by atoms with Crippen LogP contribution in [0.1, 0.15) is 12.0 Å². The van der Waals surface area contributed by atoms with Gasteiger partial charge in [0.05, 0.1) is 10.9 Å². The van der Waals surface area contributed by atoms with Crippen molar-refractivity contribution in [3.63, 3.8) is 0 Å². The van der Waals surface area contributed by atoms with E-state index in [1.165, 1.54) is 17.3 Å². The quantitative estimate of drug-likeness (QED) is 0.888. The minimum absolute atomic E-state index is 0.0898. The molecule has 0 saturated carbocycles. The number of anilines is 1. The van der Waals surface area contributed by atoms with E-state index in [0.717, 1.165) is 17.0 Å². The van der Waals surface area contributed by atoms with Crippen molar-refractivity contribution in [1.29, 1.82) is 0 Å². The average Bonchev–Trinajstić information content (AvgIpc) is 2.56. The van der Waals surface area contributed by atoms with Crippen molar-refractivity contribution >= 4 is 29.3 Å². The number of carbonyl (C=O) groups excluding carboxylic acids is 2. The molecule has 0 aromatic heterocycles. The van der Waals surface area contributed by atoms with Crippen LogP contribution in [0.15, 0.2) is 59.5 Å². The van der Waals surface area contributed by atoms with Crippen LogP contribution in [0, 0.1) is 0 Å². The van der Waals surface area contributed by atoms with Crippen LogP contribution in [-0.4, -0.2) is 23.6 Å². The molecule has 2 amide bonds. The van der Waals surface area contributed by atoms with Crippen LogP contribution >= 0.6 is 11.8 Å². The van der Waals surface area contributed by atoms with Gasteiger partial charge in [0.25, 0.3) is 0 Å². The first-order valence-electron chi connectivity index (χ1n) is 7.59. The van der Waals surface area contributed by atoms with E-state index in [2.05, 4.69) is 10.6 Å². The van der Waals surface area contributed by atoms with Crippen molar-refractivity contribution in [3.8, 4) is 0 Å². The Morgan fingerprint density at radius 1 is 1.09 bits per heavy atom. The highest BCUT2D eigenvalue weighted by molar-refractivity contribution is 8.01. The first kappa shape index (κ1) is 15.6. The Labute approximate surface area is 139 Å². The summed E-state index contributed by atoms with van der Waals surface area (Å²) in [4.78, 5) is 25.1. The molecule has 0 radical (unpaired) electrons. The monoisotopic (exact) mass is 326 g/mol. The zero-order valence-electron chi connectivity index (χ0n) is 12.6. The molecule has 1 aliphatic rings. The lowest BCUT2D eigenvalue weighted by atomic mass is 10.1. The molecule has 2 aromatic rings. The van der Waals surface area contributed by atoms with Gasteiger partial charge in [0.15, 0.2) is 0 Å². The molecule has 0 aliphatic carbocycles. The summed E-state index contributed by atoms with van der Waals surface area (Å²) in [6, 6.07) is 17.7. The maximum absolute atomic E-state index is 12.1. The molecule has 118 valence electrons. The maximum Gasteiger partial charge on any atom is 0.238 e. The summed E-state index contributed by atoms with van der Waals surface area (Å²) in [6.45, 7) is 0.582. The lowest BCUT2D eigenvalue weighted by molar-refractivity contribution is -0.124. The summed E-state index contributed by atoms with van der Waals surface area (Å²) in [5.41, 5.74) is 2.01. The third-order valence-corrected chi connectivity index (χ3v) is 4.93. The summed E-state index contributed by atoms with van der Waals surface area (Å²) in [6.07, 6.45) is 0.985. The Balaban J connectivity index is 1.49. The largest absolute Gasteiger partial charge is 0.356 e. The van der Waals surface area contributed by atoms with Crippen LogP contribution in [-0.2, 0) is 16.0 Å². The summed E-state index contributed by atoms with van der Waals surface area (Å²) in [7, 11) is 0. The number of amides is 2. The second-order valence-electron chi connectivity index (χ2n) is 5.38. The molecule has 1 aliphatic heterocycles. The first-order chi connectivity index (χ1) is 11.2. The average molecular weight is 326 g/mol. The molecule has 1 atom stereocenters. The number of fused-ring (bicyclic) bond motifs is 1. The van der Waals surface area contributed by atoms with E-state index < -0.39 is 0 Å². The highest BCUT2D eigenvalue weighted by atomic mass is 32.2. The Hall–Kier alpha value is -2.27. The molecule has 0 bridgehead atoms. The Morgan fingerprint density at radius 2 is 1.83 bits per heavy atom. The van der Waals surface area contributed by atoms with Crippen molar-refractivity contribution < 1.29 is 9.59 Å².